The van der Waals surface area contributed by atoms with Crippen LogP contribution >= 0.6 is 22.9 Å². The number of likely N-dealkylation sites (N-methyl/N-ethyl adjacent to an activating group) is 2. The fourth-order valence-corrected chi connectivity index (χ4v) is 2.72. The second-order valence-electron chi connectivity index (χ2n) is 4.27. The number of hydrogen-bond acceptors (Lipinski definition) is 4. The Morgan fingerprint density at radius 1 is 1.21 bits per heavy atom. The highest BCUT2D eigenvalue weighted by atomic mass is 35.5. The first-order valence-corrected chi connectivity index (χ1v) is 7.42. The van der Waals surface area contributed by atoms with Gasteiger partial charge in [-0.1, -0.05) is 11.6 Å². The molecular weight excluding hydrogens is 284 g/mol. The molecule has 0 fully saturated rings. The average Bonchev–Trinajstić information content (AvgIpc) is 2.77. The Hall–Kier alpha value is -0.910. The molecule has 106 valence electrons. The van der Waals surface area contributed by atoms with Crippen molar-refractivity contribution in [2.24, 2.45) is 0 Å². The van der Waals surface area contributed by atoms with Crippen molar-refractivity contribution in [2.45, 2.75) is 13.8 Å². The molecule has 1 aromatic rings. The van der Waals surface area contributed by atoms with E-state index in [9.17, 15) is 9.59 Å². The Kier molecular flexibility index (Phi) is 6.48. The predicted molar refractivity (Wildman–Crippen MR) is 79.1 cm³/mol. The molecule has 1 aromatic heterocycles. The van der Waals surface area contributed by atoms with Gasteiger partial charge >= 0.3 is 0 Å². The smallest absolute Gasteiger partial charge is 0.236 e. The Morgan fingerprint density at radius 3 is 2.32 bits per heavy atom. The summed E-state index contributed by atoms with van der Waals surface area (Å²) in [5.74, 6) is 0.0382. The summed E-state index contributed by atoms with van der Waals surface area (Å²) in [5.41, 5.74) is 0. The molecular formula is C13H19ClN2O2S. The van der Waals surface area contributed by atoms with Gasteiger partial charge in [0.1, 0.15) is 0 Å². The van der Waals surface area contributed by atoms with Gasteiger partial charge in [0.2, 0.25) is 5.91 Å². The zero-order chi connectivity index (χ0) is 14.4. The quantitative estimate of drug-likeness (QED) is 0.726. The maximum absolute atomic E-state index is 11.9. The molecule has 0 aliphatic heterocycles. The van der Waals surface area contributed by atoms with Gasteiger partial charge in [-0.2, -0.15) is 0 Å². The van der Waals surface area contributed by atoms with Gasteiger partial charge in [0.25, 0.3) is 0 Å². The van der Waals surface area contributed by atoms with Crippen LogP contribution in [-0.4, -0.2) is 54.7 Å². The van der Waals surface area contributed by atoms with Gasteiger partial charge in [-0.05, 0) is 33.0 Å². The molecule has 0 aromatic carbocycles. The zero-order valence-electron chi connectivity index (χ0n) is 11.5. The largest absolute Gasteiger partial charge is 0.342 e. The monoisotopic (exact) mass is 302 g/mol. The summed E-state index contributed by atoms with van der Waals surface area (Å²) >= 11 is 7.06. The van der Waals surface area contributed by atoms with Crippen LogP contribution in [-0.2, 0) is 4.79 Å². The lowest BCUT2D eigenvalue weighted by Crippen LogP contribution is -2.40. The molecule has 1 rings (SSSR count). The van der Waals surface area contributed by atoms with E-state index >= 15 is 0 Å². The van der Waals surface area contributed by atoms with E-state index in [0.717, 1.165) is 0 Å². The van der Waals surface area contributed by atoms with Crippen molar-refractivity contribution >= 4 is 34.6 Å². The third-order valence-corrected chi connectivity index (χ3v) is 4.06. The van der Waals surface area contributed by atoms with Crippen LogP contribution in [0.15, 0.2) is 12.1 Å². The number of hydrogen-bond donors (Lipinski definition) is 0. The molecule has 1 heterocycles. The molecule has 0 N–H and O–H groups in total. The Balaban J connectivity index is 2.49. The topological polar surface area (TPSA) is 40.6 Å². The zero-order valence-corrected chi connectivity index (χ0v) is 13.1. The normalized spacial score (nSPS) is 10.8. The van der Waals surface area contributed by atoms with E-state index in [-0.39, 0.29) is 24.8 Å². The van der Waals surface area contributed by atoms with Crippen LogP contribution in [0.2, 0.25) is 4.34 Å². The van der Waals surface area contributed by atoms with Gasteiger partial charge < -0.3 is 4.90 Å². The van der Waals surface area contributed by atoms with Gasteiger partial charge in [-0.25, -0.2) is 0 Å². The van der Waals surface area contributed by atoms with E-state index in [1.807, 2.05) is 13.8 Å². The van der Waals surface area contributed by atoms with E-state index in [1.54, 1.807) is 29.0 Å². The molecule has 0 atom stereocenters. The minimum atomic E-state index is -0.00764. The van der Waals surface area contributed by atoms with Gasteiger partial charge in [-0.3, -0.25) is 14.5 Å². The number of halogens is 1. The first-order valence-electron chi connectivity index (χ1n) is 6.22. The van der Waals surface area contributed by atoms with Crippen LogP contribution in [0.4, 0.5) is 0 Å². The number of rotatable bonds is 7. The number of nitrogens with zero attached hydrogens (tertiary/aromatic N) is 2. The molecule has 0 saturated heterocycles. The summed E-state index contributed by atoms with van der Waals surface area (Å²) in [4.78, 5) is 28.0. The SMILES string of the molecule is CCN(CC)C(=O)CN(C)CC(=O)c1ccc(Cl)s1. The number of Topliss-reactive ketones (excluding diaryl/α,β-unsaturated/α-hetero) is 1. The molecule has 0 saturated carbocycles. The number of carbonyl (C=O) groups excluding carboxylic acids is 2. The van der Waals surface area contributed by atoms with E-state index < -0.39 is 0 Å². The Labute approximate surface area is 123 Å². The number of carbonyl (C=O) groups is 2. The Bertz CT molecular complexity index is 444. The van der Waals surface area contributed by atoms with Crippen LogP contribution in [0.1, 0.15) is 23.5 Å². The first kappa shape index (κ1) is 16.1. The number of thiophene rings is 1. The van der Waals surface area contributed by atoms with Crippen molar-refractivity contribution < 1.29 is 9.59 Å². The highest BCUT2D eigenvalue weighted by molar-refractivity contribution is 7.18. The molecule has 0 radical (unpaired) electrons. The third kappa shape index (κ3) is 4.93. The molecule has 0 aliphatic carbocycles. The second-order valence-corrected chi connectivity index (χ2v) is 5.98. The molecule has 0 unspecified atom stereocenters. The number of ketones is 1. The van der Waals surface area contributed by atoms with Crippen molar-refractivity contribution in [1.29, 1.82) is 0 Å². The van der Waals surface area contributed by atoms with E-state index in [1.165, 1.54) is 11.3 Å². The molecule has 19 heavy (non-hydrogen) atoms. The van der Waals surface area contributed by atoms with Gasteiger partial charge in [0.05, 0.1) is 22.3 Å². The van der Waals surface area contributed by atoms with Crippen molar-refractivity contribution in [3.05, 3.63) is 21.3 Å². The second kappa shape index (κ2) is 7.62. The fourth-order valence-electron chi connectivity index (χ4n) is 1.75. The van der Waals surface area contributed by atoms with E-state index in [0.29, 0.717) is 22.3 Å². The molecule has 0 aliphatic rings. The maximum Gasteiger partial charge on any atom is 0.236 e. The lowest BCUT2D eigenvalue weighted by atomic mass is 10.3. The lowest BCUT2D eigenvalue weighted by molar-refractivity contribution is -0.131. The van der Waals surface area contributed by atoms with Crippen LogP contribution in [0.3, 0.4) is 0 Å². The lowest BCUT2D eigenvalue weighted by Gasteiger charge is -2.22. The van der Waals surface area contributed by atoms with Crippen molar-refractivity contribution in [2.75, 3.05) is 33.2 Å². The summed E-state index contributed by atoms with van der Waals surface area (Å²) in [7, 11) is 1.77. The highest BCUT2D eigenvalue weighted by Gasteiger charge is 2.16. The maximum atomic E-state index is 11.9. The van der Waals surface area contributed by atoms with Crippen LogP contribution in [0.5, 0.6) is 0 Å². The third-order valence-electron chi connectivity index (χ3n) is 2.78. The Morgan fingerprint density at radius 2 is 1.84 bits per heavy atom. The number of amides is 1. The van der Waals surface area contributed by atoms with Crippen LogP contribution in [0.25, 0.3) is 0 Å². The van der Waals surface area contributed by atoms with Gasteiger partial charge in [-0.15, -0.1) is 11.3 Å². The molecule has 1 amide bonds. The summed E-state index contributed by atoms with van der Waals surface area (Å²) in [6.07, 6.45) is 0. The minimum absolute atomic E-state index is 0.00764. The highest BCUT2D eigenvalue weighted by Crippen LogP contribution is 2.21. The van der Waals surface area contributed by atoms with Gasteiger partial charge in [0.15, 0.2) is 5.78 Å². The summed E-state index contributed by atoms with van der Waals surface area (Å²) < 4.78 is 0.602. The van der Waals surface area contributed by atoms with Gasteiger partial charge in [0, 0.05) is 13.1 Å². The van der Waals surface area contributed by atoms with E-state index in [4.69, 9.17) is 11.6 Å². The van der Waals surface area contributed by atoms with Crippen LogP contribution < -0.4 is 0 Å². The van der Waals surface area contributed by atoms with E-state index in [2.05, 4.69) is 0 Å². The molecule has 0 bridgehead atoms. The molecule has 0 spiro atoms. The predicted octanol–water partition coefficient (Wildman–Crippen LogP) is 2.38. The molecule has 6 heteroatoms. The van der Waals surface area contributed by atoms with Crippen LogP contribution in [0, 0.1) is 0 Å². The van der Waals surface area contributed by atoms with Crippen molar-refractivity contribution in [3.63, 3.8) is 0 Å². The summed E-state index contributed by atoms with van der Waals surface area (Å²) in [6, 6.07) is 3.43. The molecule has 4 nitrogen and oxygen atoms in total. The summed E-state index contributed by atoms with van der Waals surface area (Å²) in [6.45, 7) is 5.76. The van der Waals surface area contributed by atoms with Crippen molar-refractivity contribution in [3.8, 4) is 0 Å². The fraction of sp³-hybridized carbons (Fsp3) is 0.538. The standard InChI is InChI=1S/C13H19ClN2O2S/c1-4-16(5-2)13(18)9-15(3)8-10(17)11-6-7-12(14)19-11/h6-7H,4-5,8-9H2,1-3H3. The average molecular weight is 303 g/mol. The summed E-state index contributed by atoms with van der Waals surface area (Å²) in [5, 5.41) is 0. The van der Waals surface area contributed by atoms with Crippen molar-refractivity contribution in [1.82, 2.24) is 9.80 Å². The first-order chi connectivity index (χ1) is 8.97. The minimum Gasteiger partial charge on any atom is -0.342 e.